The van der Waals surface area contributed by atoms with Gasteiger partial charge in [0.1, 0.15) is 12.4 Å². The summed E-state index contributed by atoms with van der Waals surface area (Å²) < 4.78 is 5.87. The van der Waals surface area contributed by atoms with Crippen LogP contribution >= 0.6 is 0 Å². The van der Waals surface area contributed by atoms with Gasteiger partial charge in [0.25, 0.3) is 0 Å². The maximum atomic E-state index is 5.87. The highest BCUT2D eigenvalue weighted by Crippen LogP contribution is 2.38. The Labute approximate surface area is 169 Å². The van der Waals surface area contributed by atoms with Crippen molar-refractivity contribution in [1.29, 1.82) is 0 Å². The number of hydrogen-bond acceptors (Lipinski definition) is 2. The van der Waals surface area contributed by atoms with E-state index in [-0.39, 0.29) is 5.92 Å². The molecule has 0 aliphatic carbocycles. The van der Waals surface area contributed by atoms with Crippen molar-refractivity contribution in [3.63, 3.8) is 0 Å². The lowest BCUT2D eigenvalue weighted by Crippen LogP contribution is -2.19. The van der Waals surface area contributed by atoms with Gasteiger partial charge in [-0.2, -0.15) is 0 Å². The van der Waals surface area contributed by atoms with Crippen molar-refractivity contribution in [2.45, 2.75) is 12.8 Å². The third kappa shape index (κ3) is 5.11. The highest BCUT2D eigenvalue weighted by molar-refractivity contribution is 5.75. The van der Waals surface area contributed by atoms with E-state index < -0.39 is 0 Å². The zero-order valence-electron chi connectivity index (χ0n) is 17.0. The summed E-state index contributed by atoms with van der Waals surface area (Å²) in [6.45, 7) is 3.72. The number of likely N-dealkylation sites (N-methyl/N-ethyl adjacent to an activating group) is 1. The van der Waals surface area contributed by atoms with Gasteiger partial charge in [-0.1, -0.05) is 78.9 Å². The Morgan fingerprint density at radius 3 is 1.96 bits per heavy atom. The van der Waals surface area contributed by atoms with E-state index in [0.29, 0.717) is 6.61 Å². The minimum atomic E-state index is 0.185. The number of benzene rings is 3. The first-order valence-electron chi connectivity index (χ1n) is 9.83. The van der Waals surface area contributed by atoms with Crippen LogP contribution in [0.2, 0.25) is 0 Å². The molecule has 2 nitrogen and oxygen atoms in total. The molecule has 0 radical (unpaired) electrons. The molecule has 1 unspecified atom stereocenters. The van der Waals surface area contributed by atoms with E-state index in [1.807, 2.05) is 0 Å². The fraction of sp³-hybridized carbons (Fsp3) is 0.231. The maximum absolute atomic E-state index is 5.87. The van der Waals surface area contributed by atoms with Crippen molar-refractivity contribution in [2.75, 3.05) is 27.2 Å². The van der Waals surface area contributed by atoms with Gasteiger partial charge in [0, 0.05) is 12.5 Å². The molecule has 0 bridgehead atoms. The van der Waals surface area contributed by atoms with E-state index in [4.69, 9.17) is 4.74 Å². The van der Waals surface area contributed by atoms with Crippen LogP contribution in [0.5, 0.6) is 5.75 Å². The van der Waals surface area contributed by atoms with Gasteiger partial charge >= 0.3 is 0 Å². The molecule has 0 aliphatic rings. The standard InChI is InChI=1S/C26H29NO/c1-4-25(21-11-7-5-8-12-21)26(22-13-9-6-10-14-22)23-15-17-24(18-16-23)28-20-19-27(2)3/h4-18,26H,19-20H2,1-3H3/b25-4+. The van der Waals surface area contributed by atoms with E-state index in [1.54, 1.807) is 0 Å². The second-order valence-electron chi connectivity index (χ2n) is 7.17. The third-order valence-electron chi connectivity index (χ3n) is 4.88. The van der Waals surface area contributed by atoms with Gasteiger partial charge in [-0.3, -0.25) is 0 Å². The maximum Gasteiger partial charge on any atom is 0.119 e. The molecule has 0 aromatic heterocycles. The SMILES string of the molecule is C/C=C(\c1ccccc1)C(c1ccccc1)c1ccc(OCCN(C)C)cc1. The van der Waals surface area contributed by atoms with Gasteiger partial charge in [0.15, 0.2) is 0 Å². The number of rotatable bonds is 8. The summed E-state index contributed by atoms with van der Waals surface area (Å²) in [6.07, 6.45) is 2.23. The number of allylic oxidation sites excluding steroid dienone is 2. The van der Waals surface area contributed by atoms with Crippen LogP contribution in [0.1, 0.15) is 29.5 Å². The fourth-order valence-electron chi connectivity index (χ4n) is 3.43. The van der Waals surface area contributed by atoms with Crippen LogP contribution in [-0.4, -0.2) is 32.1 Å². The molecule has 0 fully saturated rings. The predicted octanol–water partition coefficient (Wildman–Crippen LogP) is 5.86. The molecule has 0 aliphatic heterocycles. The number of hydrogen-bond donors (Lipinski definition) is 0. The number of ether oxygens (including phenoxy) is 1. The smallest absolute Gasteiger partial charge is 0.119 e. The monoisotopic (exact) mass is 371 g/mol. The second-order valence-corrected chi connectivity index (χ2v) is 7.17. The summed E-state index contributed by atoms with van der Waals surface area (Å²) in [5.41, 5.74) is 5.13. The molecule has 3 aromatic rings. The average molecular weight is 372 g/mol. The third-order valence-corrected chi connectivity index (χ3v) is 4.88. The Balaban J connectivity index is 1.92. The van der Waals surface area contributed by atoms with E-state index in [9.17, 15) is 0 Å². The summed E-state index contributed by atoms with van der Waals surface area (Å²) in [5.74, 6) is 1.10. The Hall–Kier alpha value is -2.84. The Morgan fingerprint density at radius 1 is 0.821 bits per heavy atom. The molecule has 0 N–H and O–H groups in total. The molecule has 1 atom stereocenters. The van der Waals surface area contributed by atoms with Crippen LogP contribution in [0.3, 0.4) is 0 Å². The van der Waals surface area contributed by atoms with Crippen LogP contribution < -0.4 is 4.74 Å². The van der Waals surface area contributed by atoms with Crippen LogP contribution in [0.15, 0.2) is 91.0 Å². The van der Waals surface area contributed by atoms with Crippen molar-refractivity contribution in [3.8, 4) is 5.75 Å². The summed E-state index contributed by atoms with van der Waals surface area (Å²) in [5, 5.41) is 0. The molecule has 0 saturated carbocycles. The zero-order chi connectivity index (χ0) is 19.8. The van der Waals surface area contributed by atoms with E-state index in [1.165, 1.54) is 22.3 Å². The summed E-state index contributed by atoms with van der Waals surface area (Å²) >= 11 is 0. The van der Waals surface area contributed by atoms with E-state index in [0.717, 1.165) is 12.3 Å². The van der Waals surface area contributed by atoms with E-state index in [2.05, 4.69) is 117 Å². The molecule has 0 amide bonds. The molecule has 3 aromatic carbocycles. The minimum Gasteiger partial charge on any atom is -0.492 e. The van der Waals surface area contributed by atoms with Crippen LogP contribution in [0.25, 0.3) is 5.57 Å². The first-order valence-corrected chi connectivity index (χ1v) is 9.83. The van der Waals surface area contributed by atoms with Gasteiger partial charge in [0.2, 0.25) is 0 Å². The van der Waals surface area contributed by atoms with Gasteiger partial charge in [0.05, 0.1) is 0 Å². The van der Waals surface area contributed by atoms with E-state index >= 15 is 0 Å². The lowest BCUT2D eigenvalue weighted by Gasteiger charge is -2.22. The highest BCUT2D eigenvalue weighted by atomic mass is 16.5. The number of nitrogens with zero attached hydrogens (tertiary/aromatic N) is 1. The zero-order valence-corrected chi connectivity index (χ0v) is 17.0. The minimum absolute atomic E-state index is 0.185. The molecule has 144 valence electrons. The normalized spacial score (nSPS) is 12.8. The van der Waals surface area contributed by atoms with Crippen molar-refractivity contribution >= 4 is 5.57 Å². The van der Waals surface area contributed by atoms with Gasteiger partial charge < -0.3 is 9.64 Å². The first-order chi connectivity index (χ1) is 13.7. The summed E-state index contributed by atoms with van der Waals surface area (Å²) in [4.78, 5) is 2.12. The van der Waals surface area contributed by atoms with Crippen LogP contribution in [0.4, 0.5) is 0 Å². The predicted molar refractivity (Wildman–Crippen MR) is 119 cm³/mol. The Morgan fingerprint density at radius 2 is 1.39 bits per heavy atom. The van der Waals surface area contributed by atoms with Crippen LogP contribution in [-0.2, 0) is 0 Å². The molecular formula is C26H29NO. The van der Waals surface area contributed by atoms with Crippen LogP contribution in [0, 0.1) is 0 Å². The lowest BCUT2D eigenvalue weighted by atomic mass is 9.81. The average Bonchev–Trinajstić information content (AvgIpc) is 2.73. The molecule has 0 spiro atoms. The Kier molecular flexibility index (Phi) is 7.05. The highest BCUT2D eigenvalue weighted by Gasteiger charge is 2.20. The molecule has 28 heavy (non-hydrogen) atoms. The fourth-order valence-corrected chi connectivity index (χ4v) is 3.43. The Bertz CT molecular complexity index is 867. The molecular weight excluding hydrogens is 342 g/mol. The second kappa shape index (κ2) is 9.91. The van der Waals surface area contributed by atoms with Gasteiger partial charge in [-0.25, -0.2) is 0 Å². The topological polar surface area (TPSA) is 12.5 Å². The van der Waals surface area contributed by atoms with Crippen molar-refractivity contribution in [3.05, 3.63) is 108 Å². The lowest BCUT2D eigenvalue weighted by molar-refractivity contribution is 0.261. The van der Waals surface area contributed by atoms with Gasteiger partial charge in [-0.05, 0) is 55.4 Å². The molecule has 0 saturated heterocycles. The van der Waals surface area contributed by atoms with Crippen molar-refractivity contribution < 1.29 is 4.74 Å². The summed E-state index contributed by atoms with van der Waals surface area (Å²) in [7, 11) is 4.11. The summed E-state index contributed by atoms with van der Waals surface area (Å²) in [6, 6.07) is 29.9. The first kappa shape index (κ1) is 19.9. The largest absolute Gasteiger partial charge is 0.492 e. The molecule has 2 heteroatoms. The quantitative estimate of drug-likeness (QED) is 0.491. The molecule has 0 heterocycles. The van der Waals surface area contributed by atoms with Crippen molar-refractivity contribution in [1.82, 2.24) is 4.90 Å². The van der Waals surface area contributed by atoms with Crippen molar-refractivity contribution in [2.24, 2.45) is 0 Å². The molecule has 3 rings (SSSR count). The van der Waals surface area contributed by atoms with Gasteiger partial charge in [-0.15, -0.1) is 0 Å².